The summed E-state index contributed by atoms with van der Waals surface area (Å²) in [6.45, 7) is 4.84. The second-order valence-corrected chi connectivity index (χ2v) is 7.77. The number of ether oxygens (including phenoxy) is 1. The van der Waals surface area contributed by atoms with Crippen LogP contribution in [0.4, 0.5) is 26.4 Å². The third kappa shape index (κ3) is 6.00. The summed E-state index contributed by atoms with van der Waals surface area (Å²) in [7, 11) is 0. The molecule has 1 heterocycles. The predicted octanol–water partition coefficient (Wildman–Crippen LogP) is 3.28. The molecule has 3 rings (SSSR count). The first-order valence-electron chi connectivity index (χ1n) is 10.4. The van der Waals surface area contributed by atoms with Gasteiger partial charge in [-0.15, -0.1) is 0 Å². The zero-order valence-electron chi connectivity index (χ0n) is 18.8. The molecule has 0 bridgehead atoms. The Bertz CT molecular complexity index is 1180. The van der Waals surface area contributed by atoms with Gasteiger partial charge in [-0.05, 0) is 36.6 Å². The summed E-state index contributed by atoms with van der Waals surface area (Å²) in [5.41, 5.74) is 6.69. The number of nitrogens with one attached hydrogen (secondary N) is 2. The quantitative estimate of drug-likeness (QED) is 0.427. The smallest absolute Gasteiger partial charge is 0.329 e. The second kappa shape index (κ2) is 10.6. The molecule has 0 aliphatic rings. The van der Waals surface area contributed by atoms with Gasteiger partial charge >= 0.3 is 5.97 Å². The third-order valence-electron chi connectivity index (χ3n) is 4.83. The van der Waals surface area contributed by atoms with Gasteiger partial charge in [0.2, 0.25) is 11.9 Å². The van der Waals surface area contributed by atoms with Crippen LogP contribution in [0.3, 0.4) is 0 Å². The average molecular weight is 470 g/mol. The molecular weight excluding hydrogens is 446 g/mol. The standard InChI is InChI=1S/C23H24F2N6O3/c1-12(2)19(30-20(32)18-14(24)8-6-9-15(18)25)21(33)34-11-17-28-22(26)31-23(29-17)27-16-10-5-4-7-13(16)3/h4-10,12,19H,11H2,1-3H3,(H,30,32)(H3,26,27,28,29,31)/t19-/m1/s1. The first-order chi connectivity index (χ1) is 16.2. The van der Waals surface area contributed by atoms with E-state index in [9.17, 15) is 18.4 Å². The maximum Gasteiger partial charge on any atom is 0.329 e. The number of amides is 1. The van der Waals surface area contributed by atoms with Crippen molar-refractivity contribution in [2.45, 2.75) is 33.4 Å². The number of benzene rings is 2. The predicted molar refractivity (Wildman–Crippen MR) is 121 cm³/mol. The number of esters is 1. The van der Waals surface area contributed by atoms with Gasteiger partial charge in [-0.2, -0.15) is 15.0 Å². The minimum atomic E-state index is -1.17. The number of halogens is 2. The van der Waals surface area contributed by atoms with Gasteiger partial charge in [0.15, 0.2) is 12.4 Å². The summed E-state index contributed by atoms with van der Waals surface area (Å²) in [4.78, 5) is 37.3. The molecule has 0 unspecified atom stereocenters. The van der Waals surface area contributed by atoms with E-state index in [2.05, 4.69) is 25.6 Å². The van der Waals surface area contributed by atoms with E-state index in [1.807, 2.05) is 31.2 Å². The average Bonchev–Trinajstić information content (AvgIpc) is 2.77. The molecule has 1 aromatic heterocycles. The van der Waals surface area contributed by atoms with Crippen LogP contribution in [0.5, 0.6) is 0 Å². The zero-order chi connectivity index (χ0) is 24.8. The molecule has 34 heavy (non-hydrogen) atoms. The number of rotatable bonds is 8. The molecule has 178 valence electrons. The molecule has 1 amide bonds. The lowest BCUT2D eigenvalue weighted by molar-refractivity contribution is -0.148. The Morgan fingerprint density at radius 3 is 2.35 bits per heavy atom. The van der Waals surface area contributed by atoms with E-state index in [0.717, 1.165) is 29.4 Å². The molecule has 4 N–H and O–H groups in total. The number of aromatic nitrogens is 3. The number of carbonyl (C=O) groups is 2. The van der Waals surface area contributed by atoms with Crippen LogP contribution in [0.15, 0.2) is 42.5 Å². The molecule has 0 radical (unpaired) electrons. The van der Waals surface area contributed by atoms with Gasteiger partial charge in [0.25, 0.3) is 5.91 Å². The van der Waals surface area contributed by atoms with E-state index in [4.69, 9.17) is 10.5 Å². The molecule has 3 aromatic rings. The topological polar surface area (TPSA) is 132 Å². The fourth-order valence-corrected chi connectivity index (χ4v) is 3.04. The highest BCUT2D eigenvalue weighted by atomic mass is 19.1. The van der Waals surface area contributed by atoms with Gasteiger partial charge in [0.05, 0.1) is 0 Å². The first-order valence-corrected chi connectivity index (χ1v) is 10.4. The van der Waals surface area contributed by atoms with Gasteiger partial charge < -0.3 is 21.1 Å². The van der Waals surface area contributed by atoms with Crippen molar-refractivity contribution in [1.29, 1.82) is 0 Å². The fraction of sp³-hybridized carbons (Fsp3) is 0.261. The highest BCUT2D eigenvalue weighted by Crippen LogP contribution is 2.18. The number of nitrogens with two attached hydrogens (primary N) is 1. The van der Waals surface area contributed by atoms with E-state index in [1.165, 1.54) is 0 Å². The molecule has 9 nitrogen and oxygen atoms in total. The number of nitrogens with zero attached hydrogens (tertiary/aromatic N) is 3. The maximum absolute atomic E-state index is 13.9. The van der Waals surface area contributed by atoms with E-state index in [0.29, 0.717) is 0 Å². The van der Waals surface area contributed by atoms with Crippen LogP contribution in [-0.2, 0) is 16.1 Å². The molecule has 0 fully saturated rings. The molecular formula is C23H24F2N6O3. The fourth-order valence-electron chi connectivity index (χ4n) is 3.04. The van der Waals surface area contributed by atoms with E-state index in [1.54, 1.807) is 13.8 Å². The summed E-state index contributed by atoms with van der Waals surface area (Å²) < 4.78 is 33.1. The van der Waals surface area contributed by atoms with E-state index in [-0.39, 0.29) is 24.3 Å². The minimum Gasteiger partial charge on any atom is -0.456 e. The minimum absolute atomic E-state index is 0.0749. The van der Waals surface area contributed by atoms with E-state index >= 15 is 0 Å². The number of hydrogen-bond donors (Lipinski definition) is 3. The Balaban J connectivity index is 1.70. The molecule has 0 saturated carbocycles. The Morgan fingerprint density at radius 1 is 1.03 bits per heavy atom. The lowest BCUT2D eigenvalue weighted by Gasteiger charge is -2.21. The number of aryl methyl sites for hydroxylation is 1. The number of nitrogen functional groups attached to an aromatic ring is 1. The zero-order valence-corrected chi connectivity index (χ0v) is 18.8. The van der Waals surface area contributed by atoms with Crippen molar-refractivity contribution in [1.82, 2.24) is 20.3 Å². The first kappa shape index (κ1) is 24.5. The Labute approximate surface area is 194 Å². The molecule has 0 spiro atoms. The van der Waals surface area contributed by atoms with Crippen molar-refractivity contribution in [2.24, 2.45) is 5.92 Å². The number of para-hydroxylation sites is 1. The lowest BCUT2D eigenvalue weighted by atomic mass is 10.0. The van der Waals surface area contributed by atoms with Crippen LogP contribution in [-0.4, -0.2) is 32.9 Å². The number of anilines is 3. The number of hydrogen-bond acceptors (Lipinski definition) is 8. The molecule has 2 aromatic carbocycles. The monoisotopic (exact) mass is 470 g/mol. The Kier molecular flexibility index (Phi) is 7.67. The summed E-state index contributed by atoms with van der Waals surface area (Å²) in [5.74, 6) is -4.25. The van der Waals surface area contributed by atoms with Crippen LogP contribution in [0.2, 0.25) is 0 Å². The van der Waals surface area contributed by atoms with Gasteiger partial charge in [-0.1, -0.05) is 38.1 Å². The van der Waals surface area contributed by atoms with Crippen molar-refractivity contribution in [3.63, 3.8) is 0 Å². The van der Waals surface area contributed by atoms with Crippen LogP contribution < -0.4 is 16.4 Å². The largest absolute Gasteiger partial charge is 0.456 e. The van der Waals surface area contributed by atoms with Crippen molar-refractivity contribution in [3.05, 3.63) is 71.1 Å². The van der Waals surface area contributed by atoms with Gasteiger partial charge in [-0.3, -0.25) is 4.79 Å². The normalized spacial score (nSPS) is 11.7. The van der Waals surface area contributed by atoms with Gasteiger partial charge in [0.1, 0.15) is 23.2 Å². The Morgan fingerprint density at radius 2 is 1.71 bits per heavy atom. The molecule has 0 saturated heterocycles. The van der Waals surface area contributed by atoms with Gasteiger partial charge in [0, 0.05) is 5.69 Å². The van der Waals surface area contributed by atoms with Crippen molar-refractivity contribution >= 4 is 29.5 Å². The van der Waals surface area contributed by atoms with Crippen LogP contribution in [0, 0.1) is 24.5 Å². The van der Waals surface area contributed by atoms with Crippen molar-refractivity contribution in [3.8, 4) is 0 Å². The van der Waals surface area contributed by atoms with Crippen molar-refractivity contribution in [2.75, 3.05) is 11.1 Å². The molecule has 1 atom stereocenters. The van der Waals surface area contributed by atoms with Crippen molar-refractivity contribution < 1.29 is 23.1 Å². The highest BCUT2D eigenvalue weighted by molar-refractivity contribution is 5.97. The summed E-state index contributed by atoms with van der Waals surface area (Å²) >= 11 is 0. The van der Waals surface area contributed by atoms with Crippen LogP contribution in [0.1, 0.15) is 35.6 Å². The van der Waals surface area contributed by atoms with Crippen LogP contribution in [0.25, 0.3) is 0 Å². The SMILES string of the molecule is Cc1ccccc1Nc1nc(N)nc(COC(=O)[C@H](NC(=O)c2c(F)cccc2F)C(C)C)n1. The van der Waals surface area contributed by atoms with Crippen LogP contribution >= 0.6 is 0 Å². The summed E-state index contributed by atoms with van der Waals surface area (Å²) in [6, 6.07) is 9.34. The second-order valence-electron chi connectivity index (χ2n) is 7.77. The summed E-state index contributed by atoms with van der Waals surface area (Å²) in [5, 5.41) is 5.35. The van der Waals surface area contributed by atoms with E-state index < -0.39 is 41.0 Å². The molecule has 11 heteroatoms. The molecule has 0 aliphatic carbocycles. The Hall–Kier alpha value is -4.15. The summed E-state index contributed by atoms with van der Waals surface area (Å²) in [6.07, 6.45) is 0. The maximum atomic E-state index is 13.9. The highest BCUT2D eigenvalue weighted by Gasteiger charge is 2.28. The molecule has 0 aliphatic heterocycles. The third-order valence-corrected chi connectivity index (χ3v) is 4.83. The van der Waals surface area contributed by atoms with Gasteiger partial charge in [-0.25, -0.2) is 13.6 Å². The lowest BCUT2D eigenvalue weighted by Crippen LogP contribution is -2.45. The number of carbonyl (C=O) groups excluding carboxylic acids is 2.